The van der Waals surface area contributed by atoms with Gasteiger partial charge in [-0.2, -0.15) is 0 Å². The lowest BCUT2D eigenvalue weighted by Crippen LogP contribution is -2.51. The van der Waals surface area contributed by atoms with Crippen molar-refractivity contribution >= 4 is 22.8 Å². The van der Waals surface area contributed by atoms with Crippen LogP contribution in [0.3, 0.4) is 0 Å². The van der Waals surface area contributed by atoms with Crippen LogP contribution >= 0.6 is 0 Å². The van der Waals surface area contributed by atoms with Crippen molar-refractivity contribution < 1.29 is 14.7 Å². The van der Waals surface area contributed by atoms with Crippen LogP contribution in [0.4, 0.5) is 0 Å². The number of benzene rings is 1. The predicted octanol–water partition coefficient (Wildman–Crippen LogP) is 2.64. The molecule has 0 spiro atoms. The average Bonchev–Trinajstić information content (AvgIpc) is 2.85. The number of carbonyl (C=O) groups excluding carboxylic acids is 1. The molecular formula is C16H20N2O3. The first-order valence-corrected chi connectivity index (χ1v) is 7.06. The molecule has 2 N–H and O–H groups in total. The molecule has 0 fully saturated rings. The molecule has 2 aromatic rings. The number of nitrogens with one attached hydrogen (secondary N) is 1. The summed E-state index contributed by atoms with van der Waals surface area (Å²) in [6, 6.07) is 7.62. The third-order valence-electron chi connectivity index (χ3n) is 3.94. The van der Waals surface area contributed by atoms with E-state index in [2.05, 4.69) is 5.32 Å². The van der Waals surface area contributed by atoms with Gasteiger partial charge in [0.1, 0.15) is 5.54 Å². The van der Waals surface area contributed by atoms with Crippen LogP contribution in [-0.4, -0.2) is 27.1 Å². The van der Waals surface area contributed by atoms with Crippen molar-refractivity contribution in [1.82, 2.24) is 9.88 Å². The summed E-state index contributed by atoms with van der Waals surface area (Å²) >= 11 is 0. The number of carbonyl (C=O) groups is 2. The second kappa shape index (κ2) is 5.60. The molecule has 5 nitrogen and oxygen atoms in total. The monoisotopic (exact) mass is 288 g/mol. The number of carboxylic acids is 1. The summed E-state index contributed by atoms with van der Waals surface area (Å²) in [6.45, 7) is 6.01. The number of nitrogens with zero attached hydrogens (tertiary/aromatic N) is 1. The molecule has 0 aliphatic heterocycles. The average molecular weight is 288 g/mol. The Labute approximate surface area is 123 Å². The van der Waals surface area contributed by atoms with E-state index < -0.39 is 11.5 Å². The van der Waals surface area contributed by atoms with E-state index in [9.17, 15) is 14.7 Å². The summed E-state index contributed by atoms with van der Waals surface area (Å²) in [5.41, 5.74) is 0.221. The van der Waals surface area contributed by atoms with Crippen LogP contribution in [-0.2, 0) is 11.3 Å². The highest BCUT2D eigenvalue weighted by Crippen LogP contribution is 2.22. The molecule has 112 valence electrons. The smallest absolute Gasteiger partial charge is 0.329 e. The molecule has 0 radical (unpaired) electrons. The van der Waals surface area contributed by atoms with Gasteiger partial charge < -0.3 is 15.0 Å². The van der Waals surface area contributed by atoms with E-state index in [1.54, 1.807) is 13.1 Å². The van der Waals surface area contributed by atoms with Crippen LogP contribution in [0.1, 0.15) is 37.6 Å². The van der Waals surface area contributed by atoms with Crippen LogP contribution in [0.15, 0.2) is 30.5 Å². The fourth-order valence-corrected chi connectivity index (χ4v) is 2.30. The van der Waals surface area contributed by atoms with E-state index in [0.717, 1.165) is 17.4 Å². The highest BCUT2D eigenvalue weighted by Gasteiger charge is 2.33. The lowest BCUT2D eigenvalue weighted by Gasteiger charge is -2.24. The van der Waals surface area contributed by atoms with Gasteiger partial charge in [-0.05, 0) is 26.3 Å². The minimum absolute atomic E-state index is 0.320. The van der Waals surface area contributed by atoms with Crippen molar-refractivity contribution in [3.05, 3.63) is 36.0 Å². The fourth-order valence-electron chi connectivity index (χ4n) is 2.30. The van der Waals surface area contributed by atoms with Gasteiger partial charge in [0.15, 0.2) is 0 Å². The van der Waals surface area contributed by atoms with Crippen molar-refractivity contribution in [3.63, 3.8) is 0 Å². The van der Waals surface area contributed by atoms with Crippen LogP contribution in [0.25, 0.3) is 10.9 Å². The molecule has 1 atom stereocenters. The van der Waals surface area contributed by atoms with Crippen molar-refractivity contribution in [1.29, 1.82) is 0 Å². The Morgan fingerprint density at radius 2 is 1.95 bits per heavy atom. The van der Waals surface area contributed by atoms with Gasteiger partial charge in [0.05, 0.1) is 5.56 Å². The van der Waals surface area contributed by atoms with Gasteiger partial charge in [-0.15, -0.1) is 0 Å². The second-order valence-electron chi connectivity index (χ2n) is 5.29. The third-order valence-corrected chi connectivity index (χ3v) is 3.94. The number of hydrogen-bond acceptors (Lipinski definition) is 2. The Balaban J connectivity index is 2.43. The number of amides is 1. The molecule has 0 bridgehead atoms. The first kappa shape index (κ1) is 15.1. The van der Waals surface area contributed by atoms with E-state index in [1.807, 2.05) is 35.8 Å². The van der Waals surface area contributed by atoms with Crippen molar-refractivity contribution in [2.24, 2.45) is 0 Å². The summed E-state index contributed by atoms with van der Waals surface area (Å²) in [5, 5.41) is 12.7. The number of aliphatic carboxylic acids is 1. The molecule has 1 amide bonds. The molecule has 1 aromatic carbocycles. The van der Waals surface area contributed by atoms with Gasteiger partial charge in [-0.1, -0.05) is 25.1 Å². The van der Waals surface area contributed by atoms with Crippen LogP contribution in [0.5, 0.6) is 0 Å². The number of rotatable bonds is 5. The standard InChI is InChI=1S/C16H20N2O3/c1-4-16(3,15(20)21)17-14(19)12-10-18(5-2)13-9-7-6-8-11(12)13/h6-10H,4-5H2,1-3H3,(H,17,19)(H,20,21). The summed E-state index contributed by atoms with van der Waals surface area (Å²) in [4.78, 5) is 23.8. The first-order chi connectivity index (χ1) is 9.92. The molecule has 21 heavy (non-hydrogen) atoms. The molecule has 1 aromatic heterocycles. The number of para-hydroxylation sites is 1. The summed E-state index contributed by atoms with van der Waals surface area (Å²) in [5.74, 6) is -1.39. The van der Waals surface area contributed by atoms with Gasteiger partial charge in [0.2, 0.25) is 0 Å². The molecule has 0 aliphatic carbocycles. The number of carboxylic acid groups (broad SMARTS) is 1. The molecular weight excluding hydrogens is 268 g/mol. The highest BCUT2D eigenvalue weighted by atomic mass is 16.4. The molecule has 0 aliphatic rings. The van der Waals surface area contributed by atoms with Gasteiger partial charge in [-0.25, -0.2) is 4.79 Å². The summed E-state index contributed by atoms with van der Waals surface area (Å²) < 4.78 is 1.98. The second-order valence-corrected chi connectivity index (χ2v) is 5.29. The number of fused-ring (bicyclic) bond motifs is 1. The topological polar surface area (TPSA) is 71.3 Å². The molecule has 0 saturated carbocycles. The van der Waals surface area contributed by atoms with E-state index in [0.29, 0.717) is 12.0 Å². The first-order valence-electron chi connectivity index (χ1n) is 7.06. The van der Waals surface area contributed by atoms with Gasteiger partial charge in [-0.3, -0.25) is 4.79 Å². The maximum atomic E-state index is 12.5. The fraction of sp³-hybridized carbons (Fsp3) is 0.375. The van der Waals surface area contributed by atoms with E-state index >= 15 is 0 Å². The largest absolute Gasteiger partial charge is 0.480 e. The number of hydrogen-bond donors (Lipinski definition) is 2. The summed E-state index contributed by atoms with van der Waals surface area (Å²) in [7, 11) is 0. The van der Waals surface area contributed by atoms with Gasteiger partial charge >= 0.3 is 5.97 Å². The van der Waals surface area contributed by atoms with Gasteiger partial charge in [0.25, 0.3) is 5.91 Å². The Morgan fingerprint density at radius 1 is 1.29 bits per heavy atom. The van der Waals surface area contributed by atoms with Crippen LogP contribution in [0.2, 0.25) is 0 Å². The van der Waals surface area contributed by atoms with Crippen molar-refractivity contribution in [3.8, 4) is 0 Å². The number of aromatic nitrogens is 1. The maximum absolute atomic E-state index is 12.5. The lowest BCUT2D eigenvalue weighted by atomic mass is 9.98. The lowest BCUT2D eigenvalue weighted by molar-refractivity contribution is -0.143. The normalized spacial score (nSPS) is 13.9. The van der Waals surface area contributed by atoms with Crippen LogP contribution < -0.4 is 5.32 Å². The number of aryl methyl sites for hydroxylation is 1. The zero-order valence-electron chi connectivity index (χ0n) is 12.5. The Kier molecular flexibility index (Phi) is 4.02. The molecule has 5 heteroatoms. The van der Waals surface area contributed by atoms with E-state index in [1.165, 1.54) is 6.92 Å². The minimum Gasteiger partial charge on any atom is -0.480 e. The summed E-state index contributed by atoms with van der Waals surface area (Å²) in [6.07, 6.45) is 2.10. The zero-order chi connectivity index (χ0) is 15.6. The zero-order valence-corrected chi connectivity index (χ0v) is 12.5. The molecule has 1 heterocycles. The highest BCUT2D eigenvalue weighted by molar-refractivity contribution is 6.08. The SMILES string of the molecule is CCn1cc(C(=O)NC(C)(CC)C(=O)O)c2ccccc21. The molecule has 2 rings (SSSR count). The molecule has 1 unspecified atom stereocenters. The van der Waals surface area contributed by atoms with Crippen molar-refractivity contribution in [2.75, 3.05) is 0 Å². The Hall–Kier alpha value is -2.30. The van der Waals surface area contributed by atoms with Gasteiger partial charge in [0, 0.05) is 23.6 Å². The van der Waals surface area contributed by atoms with E-state index in [4.69, 9.17) is 0 Å². The van der Waals surface area contributed by atoms with Crippen molar-refractivity contribution in [2.45, 2.75) is 39.3 Å². The molecule has 0 saturated heterocycles. The third kappa shape index (κ3) is 2.63. The Morgan fingerprint density at radius 3 is 2.52 bits per heavy atom. The van der Waals surface area contributed by atoms with Crippen LogP contribution in [0, 0.1) is 0 Å². The predicted molar refractivity (Wildman–Crippen MR) is 81.4 cm³/mol. The van der Waals surface area contributed by atoms with E-state index in [-0.39, 0.29) is 5.91 Å². The quantitative estimate of drug-likeness (QED) is 0.888. The maximum Gasteiger partial charge on any atom is 0.329 e. The Bertz CT molecular complexity index is 690. The minimum atomic E-state index is -1.26.